The maximum Gasteiger partial charge on any atom is 0.295 e. The van der Waals surface area contributed by atoms with E-state index in [-0.39, 0.29) is 5.69 Å². The van der Waals surface area contributed by atoms with E-state index in [0.717, 1.165) is 36.2 Å². The molecule has 1 aliphatic heterocycles. The number of piperazine rings is 1. The number of fused-ring (bicyclic) bond motifs is 1. The van der Waals surface area contributed by atoms with Crippen molar-refractivity contribution in [3.05, 3.63) is 63.4 Å². The van der Waals surface area contributed by atoms with E-state index < -0.39 is 10.7 Å². The standard InChI is InChI=1S/C18H17FN4O2S/c19-13-5-6-15(16(11-13)23(24)25)22-9-7-21(8-10-22)12-18-20-14-3-1-2-4-17(14)26-18/h1-6,11H,7-10,12H2. The van der Waals surface area contributed by atoms with Gasteiger partial charge in [-0.05, 0) is 24.3 Å². The van der Waals surface area contributed by atoms with Gasteiger partial charge in [0.25, 0.3) is 5.69 Å². The molecular formula is C18H17FN4O2S. The maximum atomic E-state index is 13.3. The molecule has 134 valence electrons. The van der Waals surface area contributed by atoms with Crippen LogP contribution in [-0.4, -0.2) is 41.0 Å². The lowest BCUT2D eigenvalue weighted by molar-refractivity contribution is -0.384. The molecule has 0 unspecified atom stereocenters. The molecular weight excluding hydrogens is 355 g/mol. The SMILES string of the molecule is O=[N+]([O-])c1cc(F)ccc1N1CCN(Cc2nc3ccccc3s2)CC1. The Morgan fingerprint density at radius 1 is 1.15 bits per heavy atom. The van der Waals surface area contributed by atoms with Crippen LogP contribution < -0.4 is 4.90 Å². The van der Waals surface area contributed by atoms with Gasteiger partial charge in [0.2, 0.25) is 0 Å². The van der Waals surface area contributed by atoms with Gasteiger partial charge in [-0.2, -0.15) is 0 Å². The predicted octanol–water partition coefficient (Wildman–Crippen LogP) is 3.67. The molecule has 26 heavy (non-hydrogen) atoms. The third-order valence-corrected chi connectivity index (χ3v) is 5.57. The molecule has 0 radical (unpaired) electrons. The minimum absolute atomic E-state index is 0.176. The molecule has 0 atom stereocenters. The second-order valence-corrected chi connectivity index (χ2v) is 7.34. The Morgan fingerprint density at radius 3 is 2.65 bits per heavy atom. The summed E-state index contributed by atoms with van der Waals surface area (Å²) in [7, 11) is 0. The minimum Gasteiger partial charge on any atom is -0.363 e. The lowest BCUT2D eigenvalue weighted by Gasteiger charge is -2.35. The highest BCUT2D eigenvalue weighted by molar-refractivity contribution is 7.18. The van der Waals surface area contributed by atoms with Crippen molar-refractivity contribution in [2.24, 2.45) is 0 Å². The number of nitrogens with zero attached hydrogens (tertiary/aromatic N) is 4. The highest BCUT2D eigenvalue weighted by Crippen LogP contribution is 2.30. The average molecular weight is 372 g/mol. The van der Waals surface area contributed by atoms with Gasteiger partial charge >= 0.3 is 0 Å². The largest absolute Gasteiger partial charge is 0.363 e. The minimum atomic E-state index is -0.588. The van der Waals surface area contributed by atoms with Crippen molar-refractivity contribution in [1.29, 1.82) is 0 Å². The molecule has 2 heterocycles. The first kappa shape index (κ1) is 16.9. The molecule has 0 saturated carbocycles. The van der Waals surface area contributed by atoms with E-state index in [1.165, 1.54) is 16.8 Å². The number of hydrogen-bond acceptors (Lipinski definition) is 6. The molecule has 0 aliphatic carbocycles. The summed E-state index contributed by atoms with van der Waals surface area (Å²) in [5.74, 6) is -0.588. The van der Waals surface area contributed by atoms with E-state index in [0.29, 0.717) is 18.8 Å². The van der Waals surface area contributed by atoms with Crippen molar-refractivity contribution in [3.63, 3.8) is 0 Å². The van der Waals surface area contributed by atoms with E-state index in [1.54, 1.807) is 11.3 Å². The molecule has 4 rings (SSSR count). The van der Waals surface area contributed by atoms with Crippen molar-refractivity contribution >= 4 is 32.9 Å². The number of benzene rings is 2. The van der Waals surface area contributed by atoms with Gasteiger partial charge in [-0.25, -0.2) is 9.37 Å². The molecule has 8 heteroatoms. The molecule has 6 nitrogen and oxygen atoms in total. The molecule has 0 spiro atoms. The van der Waals surface area contributed by atoms with Crippen LogP contribution in [0.3, 0.4) is 0 Å². The number of nitro groups is 1. The van der Waals surface area contributed by atoms with Crippen molar-refractivity contribution in [3.8, 4) is 0 Å². The molecule has 0 N–H and O–H groups in total. The highest BCUT2D eigenvalue weighted by atomic mass is 32.1. The molecule has 1 aliphatic rings. The van der Waals surface area contributed by atoms with Gasteiger partial charge in [-0.3, -0.25) is 15.0 Å². The van der Waals surface area contributed by atoms with Crippen LogP contribution in [-0.2, 0) is 6.54 Å². The van der Waals surface area contributed by atoms with Crippen LogP contribution in [0.4, 0.5) is 15.8 Å². The van der Waals surface area contributed by atoms with Crippen molar-refractivity contribution in [2.75, 3.05) is 31.1 Å². The van der Waals surface area contributed by atoms with Gasteiger partial charge in [-0.15, -0.1) is 11.3 Å². The van der Waals surface area contributed by atoms with Gasteiger partial charge in [0, 0.05) is 26.2 Å². The Labute approximate surface area is 153 Å². The van der Waals surface area contributed by atoms with Crippen LogP contribution in [0.2, 0.25) is 0 Å². The molecule has 0 amide bonds. The Bertz CT molecular complexity index is 920. The van der Waals surface area contributed by atoms with Crippen LogP contribution in [0.1, 0.15) is 5.01 Å². The summed E-state index contributed by atoms with van der Waals surface area (Å²) in [6.45, 7) is 3.67. The molecule has 0 bridgehead atoms. The zero-order valence-corrected chi connectivity index (χ0v) is 14.8. The fourth-order valence-corrected chi connectivity index (χ4v) is 4.25. The van der Waals surface area contributed by atoms with Crippen molar-refractivity contribution < 1.29 is 9.31 Å². The summed E-state index contributed by atoms with van der Waals surface area (Å²) in [5, 5.41) is 12.3. The summed E-state index contributed by atoms with van der Waals surface area (Å²) < 4.78 is 14.5. The first-order chi connectivity index (χ1) is 12.6. The lowest BCUT2D eigenvalue weighted by atomic mass is 10.2. The van der Waals surface area contributed by atoms with E-state index in [9.17, 15) is 14.5 Å². The fraction of sp³-hybridized carbons (Fsp3) is 0.278. The van der Waals surface area contributed by atoms with E-state index in [2.05, 4.69) is 16.0 Å². The second kappa shape index (κ2) is 6.97. The number of anilines is 1. The number of hydrogen-bond donors (Lipinski definition) is 0. The fourth-order valence-electron chi connectivity index (χ4n) is 3.24. The van der Waals surface area contributed by atoms with E-state index in [4.69, 9.17) is 0 Å². The van der Waals surface area contributed by atoms with E-state index >= 15 is 0 Å². The summed E-state index contributed by atoms with van der Waals surface area (Å²) in [6, 6.07) is 11.8. The van der Waals surface area contributed by atoms with Gasteiger partial charge in [0.1, 0.15) is 16.5 Å². The van der Waals surface area contributed by atoms with Crippen molar-refractivity contribution in [1.82, 2.24) is 9.88 Å². The number of halogens is 1. The molecule has 3 aromatic rings. The van der Waals surface area contributed by atoms with Crippen molar-refractivity contribution in [2.45, 2.75) is 6.54 Å². The van der Waals surface area contributed by atoms with Crippen LogP contribution in [0.5, 0.6) is 0 Å². The average Bonchev–Trinajstić information content (AvgIpc) is 3.04. The first-order valence-electron chi connectivity index (χ1n) is 8.36. The lowest BCUT2D eigenvalue weighted by Crippen LogP contribution is -2.46. The van der Waals surface area contributed by atoms with Gasteiger partial charge < -0.3 is 4.90 Å². The van der Waals surface area contributed by atoms with Gasteiger partial charge in [-0.1, -0.05) is 12.1 Å². The second-order valence-electron chi connectivity index (χ2n) is 6.23. The number of aromatic nitrogens is 1. The number of rotatable bonds is 4. The monoisotopic (exact) mass is 372 g/mol. The summed E-state index contributed by atoms with van der Waals surface area (Å²) in [4.78, 5) is 19.6. The zero-order chi connectivity index (χ0) is 18.1. The number of nitro benzene ring substituents is 1. The normalized spacial score (nSPS) is 15.5. The Morgan fingerprint density at radius 2 is 1.92 bits per heavy atom. The molecule has 1 fully saturated rings. The van der Waals surface area contributed by atoms with Crippen LogP contribution in [0.25, 0.3) is 10.2 Å². The van der Waals surface area contributed by atoms with E-state index in [1.807, 2.05) is 23.1 Å². The number of para-hydroxylation sites is 1. The van der Waals surface area contributed by atoms with Gasteiger partial charge in [0.05, 0.1) is 27.8 Å². The van der Waals surface area contributed by atoms with Crippen LogP contribution in [0.15, 0.2) is 42.5 Å². The van der Waals surface area contributed by atoms with Crippen LogP contribution in [0, 0.1) is 15.9 Å². The topological polar surface area (TPSA) is 62.5 Å². The highest BCUT2D eigenvalue weighted by Gasteiger charge is 2.24. The summed E-state index contributed by atoms with van der Waals surface area (Å²) >= 11 is 1.70. The summed E-state index contributed by atoms with van der Waals surface area (Å²) in [5.41, 5.74) is 1.33. The maximum absolute atomic E-state index is 13.3. The molecule has 2 aromatic carbocycles. The van der Waals surface area contributed by atoms with Gasteiger partial charge in [0.15, 0.2) is 0 Å². The predicted molar refractivity (Wildman–Crippen MR) is 100 cm³/mol. The smallest absolute Gasteiger partial charge is 0.295 e. The van der Waals surface area contributed by atoms with Crippen LogP contribution >= 0.6 is 11.3 Å². The summed E-state index contributed by atoms with van der Waals surface area (Å²) in [6.07, 6.45) is 0. The Balaban J connectivity index is 1.43. The zero-order valence-electron chi connectivity index (χ0n) is 14.0. The Hall–Kier alpha value is -2.58. The number of thiazole rings is 1. The third-order valence-electron chi connectivity index (χ3n) is 4.54. The molecule has 1 aromatic heterocycles. The molecule has 1 saturated heterocycles. The quantitative estimate of drug-likeness (QED) is 0.517. The first-order valence-corrected chi connectivity index (χ1v) is 9.17. The third kappa shape index (κ3) is 3.38. The Kier molecular flexibility index (Phi) is 4.52.